The number of benzene rings is 2. The van der Waals surface area contributed by atoms with Gasteiger partial charge in [0.15, 0.2) is 0 Å². The zero-order valence-corrected chi connectivity index (χ0v) is 12.3. The summed E-state index contributed by atoms with van der Waals surface area (Å²) in [6.45, 7) is 3.47. The lowest BCUT2D eigenvalue weighted by atomic mass is 10.1. The van der Waals surface area contributed by atoms with Crippen LogP contribution in [0.2, 0.25) is 0 Å². The van der Waals surface area contributed by atoms with Gasteiger partial charge >= 0.3 is 16.1 Å². The Morgan fingerprint density at radius 3 is 2.24 bits per heavy atom. The maximum absolute atomic E-state index is 12.1. The van der Waals surface area contributed by atoms with E-state index in [1.165, 1.54) is 30.3 Å². The Morgan fingerprint density at radius 1 is 1.05 bits per heavy atom. The summed E-state index contributed by atoms with van der Waals surface area (Å²) >= 11 is 0. The number of carboxylic acid groups (broad SMARTS) is 1. The smallest absolute Gasteiger partial charge is 0.339 e. The van der Waals surface area contributed by atoms with E-state index in [0.717, 1.165) is 5.56 Å². The average molecular weight is 306 g/mol. The van der Waals surface area contributed by atoms with Crippen LogP contribution in [0, 0.1) is 13.8 Å². The molecule has 0 saturated heterocycles. The molecule has 2 aromatic rings. The Kier molecular flexibility index (Phi) is 3.99. The molecule has 21 heavy (non-hydrogen) atoms. The fourth-order valence-corrected chi connectivity index (χ4v) is 2.69. The third-order valence-electron chi connectivity index (χ3n) is 2.96. The highest BCUT2D eigenvalue weighted by molar-refractivity contribution is 7.87. The molecule has 0 fully saturated rings. The van der Waals surface area contributed by atoms with Crippen LogP contribution in [0.25, 0.3) is 0 Å². The molecule has 0 atom stereocenters. The van der Waals surface area contributed by atoms with E-state index in [1.807, 2.05) is 6.92 Å². The fraction of sp³-hybridized carbons (Fsp3) is 0.133. The highest BCUT2D eigenvalue weighted by Crippen LogP contribution is 2.22. The predicted octanol–water partition coefficient (Wildman–Crippen LogP) is 2.77. The number of carbonyl (C=O) groups is 1. The van der Waals surface area contributed by atoms with E-state index < -0.39 is 16.1 Å². The largest absolute Gasteiger partial charge is 0.478 e. The van der Waals surface area contributed by atoms with Gasteiger partial charge in [-0.15, -0.1) is 0 Å². The molecule has 110 valence electrons. The topological polar surface area (TPSA) is 80.7 Å². The maximum Gasteiger partial charge on any atom is 0.339 e. The third-order valence-corrected chi connectivity index (χ3v) is 4.22. The fourth-order valence-electron chi connectivity index (χ4n) is 1.76. The molecular formula is C15H14O5S. The molecule has 0 bridgehead atoms. The summed E-state index contributed by atoms with van der Waals surface area (Å²) in [5.41, 5.74) is 1.46. The normalized spacial score (nSPS) is 11.1. The summed E-state index contributed by atoms with van der Waals surface area (Å²) in [6, 6.07) is 10.3. The van der Waals surface area contributed by atoms with Gasteiger partial charge in [-0.05, 0) is 43.7 Å². The van der Waals surface area contributed by atoms with Crippen molar-refractivity contribution in [3.05, 3.63) is 59.2 Å². The van der Waals surface area contributed by atoms with Crippen LogP contribution in [0.3, 0.4) is 0 Å². The van der Waals surface area contributed by atoms with E-state index in [-0.39, 0.29) is 16.2 Å². The second-order valence-corrected chi connectivity index (χ2v) is 6.18. The zero-order chi connectivity index (χ0) is 15.6. The van der Waals surface area contributed by atoms with Gasteiger partial charge in [-0.1, -0.05) is 23.8 Å². The van der Waals surface area contributed by atoms with Gasteiger partial charge in [-0.3, -0.25) is 0 Å². The van der Waals surface area contributed by atoms with Gasteiger partial charge < -0.3 is 9.29 Å². The number of rotatable bonds is 4. The predicted molar refractivity (Wildman–Crippen MR) is 77.1 cm³/mol. The standard InChI is InChI=1S/C15H14O5S/c1-10-3-7-13(8-4-10)21(18,19)20-12-6-5-11(2)14(9-12)15(16)17/h3-9H,1-2H3,(H,16,17). The van der Waals surface area contributed by atoms with E-state index in [2.05, 4.69) is 0 Å². The van der Waals surface area contributed by atoms with E-state index in [9.17, 15) is 13.2 Å². The first-order chi connectivity index (χ1) is 9.79. The van der Waals surface area contributed by atoms with Crippen molar-refractivity contribution < 1.29 is 22.5 Å². The van der Waals surface area contributed by atoms with Crippen LogP contribution in [0.15, 0.2) is 47.4 Å². The summed E-state index contributed by atoms with van der Waals surface area (Å²) in [7, 11) is -3.98. The number of aromatic carboxylic acids is 1. The minimum Gasteiger partial charge on any atom is -0.478 e. The quantitative estimate of drug-likeness (QED) is 0.878. The SMILES string of the molecule is Cc1ccc(S(=O)(=O)Oc2ccc(C)c(C(=O)O)c2)cc1. The third kappa shape index (κ3) is 3.41. The molecule has 0 spiro atoms. The van der Waals surface area contributed by atoms with Crippen molar-refractivity contribution in [1.29, 1.82) is 0 Å². The first-order valence-corrected chi connectivity index (χ1v) is 7.55. The van der Waals surface area contributed by atoms with E-state index >= 15 is 0 Å². The van der Waals surface area contributed by atoms with E-state index in [0.29, 0.717) is 5.56 Å². The maximum atomic E-state index is 12.1. The number of aryl methyl sites for hydroxylation is 2. The minimum absolute atomic E-state index is 0.00612. The summed E-state index contributed by atoms with van der Waals surface area (Å²) in [6.07, 6.45) is 0. The molecule has 5 nitrogen and oxygen atoms in total. The molecule has 0 aliphatic carbocycles. The molecule has 1 N–H and O–H groups in total. The Morgan fingerprint density at radius 2 is 1.67 bits per heavy atom. The van der Waals surface area contributed by atoms with Crippen molar-refractivity contribution in [3.63, 3.8) is 0 Å². The number of hydrogen-bond acceptors (Lipinski definition) is 4. The molecule has 0 aromatic heterocycles. The Labute approximate surface area is 122 Å². The van der Waals surface area contributed by atoms with Crippen molar-refractivity contribution in [2.24, 2.45) is 0 Å². The molecule has 2 rings (SSSR count). The molecule has 2 aromatic carbocycles. The van der Waals surface area contributed by atoms with Crippen molar-refractivity contribution in [2.45, 2.75) is 18.7 Å². The van der Waals surface area contributed by atoms with E-state index in [1.54, 1.807) is 19.1 Å². The molecule has 0 amide bonds. The van der Waals surface area contributed by atoms with Crippen LogP contribution in [-0.4, -0.2) is 19.5 Å². The highest BCUT2D eigenvalue weighted by Gasteiger charge is 2.18. The van der Waals surface area contributed by atoms with Gasteiger partial charge in [0.2, 0.25) is 0 Å². The summed E-state index contributed by atoms with van der Waals surface area (Å²) in [5.74, 6) is -1.16. The van der Waals surface area contributed by atoms with Gasteiger partial charge in [0.1, 0.15) is 10.6 Å². The Bertz CT molecular complexity index is 776. The molecule has 0 heterocycles. The lowest BCUT2D eigenvalue weighted by molar-refractivity contribution is 0.0695. The van der Waals surface area contributed by atoms with Crippen LogP contribution in [0.5, 0.6) is 5.75 Å². The summed E-state index contributed by atoms with van der Waals surface area (Å²) in [5, 5.41) is 9.03. The average Bonchev–Trinajstić information content (AvgIpc) is 2.41. The van der Waals surface area contributed by atoms with Crippen molar-refractivity contribution in [2.75, 3.05) is 0 Å². The molecule has 0 aliphatic rings. The molecule has 6 heteroatoms. The van der Waals surface area contributed by atoms with Crippen LogP contribution < -0.4 is 4.18 Å². The second kappa shape index (κ2) is 5.57. The zero-order valence-electron chi connectivity index (χ0n) is 11.5. The van der Waals surface area contributed by atoms with Gasteiger partial charge in [-0.25, -0.2) is 4.79 Å². The lowest BCUT2D eigenvalue weighted by Gasteiger charge is -2.09. The first kappa shape index (κ1) is 15.1. The van der Waals surface area contributed by atoms with Crippen LogP contribution in [-0.2, 0) is 10.1 Å². The Balaban J connectivity index is 2.35. The number of hydrogen-bond donors (Lipinski definition) is 1. The van der Waals surface area contributed by atoms with Gasteiger partial charge in [-0.2, -0.15) is 8.42 Å². The summed E-state index contributed by atoms with van der Waals surface area (Å²) in [4.78, 5) is 11.1. The molecular weight excluding hydrogens is 292 g/mol. The first-order valence-electron chi connectivity index (χ1n) is 6.15. The second-order valence-electron chi connectivity index (χ2n) is 4.63. The number of carboxylic acids is 1. The van der Waals surface area contributed by atoms with Gasteiger partial charge in [0.25, 0.3) is 0 Å². The van der Waals surface area contributed by atoms with Gasteiger partial charge in [0.05, 0.1) is 5.56 Å². The molecule has 0 unspecified atom stereocenters. The highest BCUT2D eigenvalue weighted by atomic mass is 32.2. The van der Waals surface area contributed by atoms with Crippen LogP contribution >= 0.6 is 0 Å². The molecule has 0 radical (unpaired) electrons. The Hall–Kier alpha value is -2.34. The van der Waals surface area contributed by atoms with E-state index in [4.69, 9.17) is 9.29 Å². The van der Waals surface area contributed by atoms with Crippen molar-refractivity contribution >= 4 is 16.1 Å². The van der Waals surface area contributed by atoms with Crippen molar-refractivity contribution in [3.8, 4) is 5.75 Å². The van der Waals surface area contributed by atoms with Gasteiger partial charge in [0, 0.05) is 0 Å². The van der Waals surface area contributed by atoms with Crippen LogP contribution in [0.1, 0.15) is 21.5 Å². The molecule has 0 saturated carbocycles. The lowest BCUT2D eigenvalue weighted by Crippen LogP contribution is -2.10. The van der Waals surface area contributed by atoms with Crippen LogP contribution in [0.4, 0.5) is 0 Å². The summed E-state index contributed by atoms with van der Waals surface area (Å²) < 4.78 is 29.2. The van der Waals surface area contributed by atoms with Crippen molar-refractivity contribution in [1.82, 2.24) is 0 Å². The minimum atomic E-state index is -3.98. The monoisotopic (exact) mass is 306 g/mol. The molecule has 0 aliphatic heterocycles.